The van der Waals surface area contributed by atoms with Crippen LogP contribution in [0.5, 0.6) is 0 Å². The highest BCUT2D eigenvalue weighted by Gasteiger charge is 2.41. The third-order valence-electron chi connectivity index (χ3n) is 4.34. The summed E-state index contributed by atoms with van der Waals surface area (Å²) in [6.07, 6.45) is 5.70. The van der Waals surface area contributed by atoms with Gasteiger partial charge < -0.3 is 10.1 Å². The van der Waals surface area contributed by atoms with Crippen molar-refractivity contribution in [2.45, 2.75) is 38.0 Å². The van der Waals surface area contributed by atoms with E-state index >= 15 is 0 Å². The number of aryl methyl sites for hydroxylation is 1. The van der Waals surface area contributed by atoms with E-state index < -0.39 is 0 Å². The van der Waals surface area contributed by atoms with Crippen molar-refractivity contribution < 1.29 is 9.53 Å². The number of nitrogens with one attached hydrogen (secondary N) is 1. The molecule has 1 N–H and O–H groups in total. The van der Waals surface area contributed by atoms with E-state index in [4.69, 9.17) is 4.74 Å². The van der Waals surface area contributed by atoms with Gasteiger partial charge in [-0.2, -0.15) is 11.3 Å². The van der Waals surface area contributed by atoms with Gasteiger partial charge in [0.25, 0.3) is 0 Å². The average molecular weight is 346 g/mol. The van der Waals surface area contributed by atoms with Gasteiger partial charge in [-0.25, -0.2) is 4.98 Å². The van der Waals surface area contributed by atoms with Crippen molar-refractivity contribution in [3.05, 3.63) is 50.6 Å². The summed E-state index contributed by atoms with van der Waals surface area (Å²) in [5.41, 5.74) is 2.23. The van der Waals surface area contributed by atoms with Crippen LogP contribution < -0.4 is 5.32 Å². The molecule has 23 heavy (non-hydrogen) atoms. The molecule has 2 bridgehead atoms. The average Bonchev–Trinajstić information content (AvgIpc) is 3.31. The van der Waals surface area contributed by atoms with Crippen molar-refractivity contribution in [2.24, 2.45) is 5.92 Å². The number of aromatic nitrogens is 1. The lowest BCUT2D eigenvalue weighted by atomic mass is 9.93. The van der Waals surface area contributed by atoms with Crippen molar-refractivity contribution in [2.75, 3.05) is 0 Å². The van der Waals surface area contributed by atoms with Crippen LogP contribution in [0, 0.1) is 12.8 Å². The number of hydrogen-bond acceptors (Lipinski definition) is 5. The van der Waals surface area contributed by atoms with Gasteiger partial charge in [0, 0.05) is 17.5 Å². The Kier molecular flexibility index (Phi) is 4.05. The maximum absolute atomic E-state index is 12.7. The highest BCUT2D eigenvalue weighted by Crippen LogP contribution is 2.34. The fourth-order valence-corrected chi connectivity index (χ4v) is 4.71. The lowest BCUT2D eigenvalue weighted by molar-refractivity contribution is -0.126. The third-order valence-corrected chi connectivity index (χ3v) is 6.15. The number of hydrogen-bond donors (Lipinski definition) is 1. The molecule has 2 aliphatic rings. The second kappa shape index (κ2) is 6.19. The standard InChI is InChI=1S/C17H18N2O2S2/c1-10-8-23-17(18-10)14(6-11-4-5-22-9-11)19-16(20)13-7-12-2-3-15(13)21-12/h2-5,8-9,12-15H,6-7H2,1H3,(H,19,20)/t12-,13-,14+,15-/m1/s1. The highest BCUT2D eigenvalue weighted by atomic mass is 32.1. The summed E-state index contributed by atoms with van der Waals surface area (Å²) in [5.74, 6) is 0.00552. The number of fused-ring (bicyclic) bond motifs is 2. The number of carbonyl (C=O) groups excluding carboxylic acids is 1. The molecule has 2 aromatic rings. The van der Waals surface area contributed by atoms with Gasteiger partial charge in [0.1, 0.15) is 5.01 Å². The molecule has 0 spiro atoms. The number of carbonyl (C=O) groups is 1. The first kappa shape index (κ1) is 15.1. The number of nitrogens with zero attached hydrogens (tertiary/aromatic N) is 1. The molecular formula is C17H18N2O2S2. The quantitative estimate of drug-likeness (QED) is 0.846. The van der Waals surface area contributed by atoms with E-state index in [-0.39, 0.29) is 30.1 Å². The molecule has 2 aromatic heterocycles. The Labute approximate surface area is 143 Å². The lowest BCUT2D eigenvalue weighted by Gasteiger charge is -2.21. The fraction of sp³-hybridized carbons (Fsp3) is 0.412. The minimum Gasteiger partial charge on any atom is -0.366 e. The first-order valence-corrected chi connectivity index (χ1v) is 9.58. The topological polar surface area (TPSA) is 51.2 Å². The van der Waals surface area contributed by atoms with E-state index in [1.165, 1.54) is 5.56 Å². The van der Waals surface area contributed by atoms with Gasteiger partial charge >= 0.3 is 0 Å². The van der Waals surface area contributed by atoms with Crippen molar-refractivity contribution in [3.8, 4) is 0 Å². The molecule has 4 nitrogen and oxygen atoms in total. The Hall–Kier alpha value is -1.50. The minimum absolute atomic E-state index is 0.0557. The van der Waals surface area contributed by atoms with Gasteiger partial charge in [0.15, 0.2) is 0 Å². The molecular weight excluding hydrogens is 328 g/mol. The Morgan fingerprint density at radius 3 is 3.00 bits per heavy atom. The number of amides is 1. The highest BCUT2D eigenvalue weighted by molar-refractivity contribution is 7.09. The third kappa shape index (κ3) is 3.11. The molecule has 1 fully saturated rings. The van der Waals surface area contributed by atoms with Crippen LogP contribution in [0.3, 0.4) is 0 Å². The van der Waals surface area contributed by atoms with Crippen molar-refractivity contribution in [3.63, 3.8) is 0 Å². The number of thiazole rings is 1. The summed E-state index contributed by atoms with van der Waals surface area (Å²) in [6, 6.07) is 2.03. The summed E-state index contributed by atoms with van der Waals surface area (Å²) < 4.78 is 5.72. The molecule has 0 aromatic carbocycles. The van der Waals surface area contributed by atoms with Gasteiger partial charge in [0.2, 0.25) is 5.91 Å². The predicted octanol–water partition coefficient (Wildman–Crippen LogP) is 3.26. The molecule has 4 atom stereocenters. The van der Waals surface area contributed by atoms with Crippen LogP contribution in [0.1, 0.15) is 28.7 Å². The Morgan fingerprint density at radius 2 is 2.39 bits per heavy atom. The summed E-state index contributed by atoms with van der Waals surface area (Å²) in [7, 11) is 0. The summed E-state index contributed by atoms with van der Waals surface area (Å²) >= 11 is 3.29. The summed E-state index contributed by atoms with van der Waals surface area (Å²) in [4.78, 5) is 17.3. The second-order valence-corrected chi connectivity index (χ2v) is 7.76. The molecule has 4 heterocycles. The molecule has 120 valence electrons. The summed E-state index contributed by atoms with van der Waals surface area (Å²) in [6.45, 7) is 1.98. The molecule has 0 radical (unpaired) electrons. The molecule has 1 saturated heterocycles. The van der Waals surface area contributed by atoms with Crippen LogP contribution in [0.15, 0.2) is 34.4 Å². The Morgan fingerprint density at radius 1 is 1.48 bits per heavy atom. The van der Waals surface area contributed by atoms with E-state index in [0.29, 0.717) is 0 Å². The van der Waals surface area contributed by atoms with E-state index in [0.717, 1.165) is 23.5 Å². The second-order valence-electron chi connectivity index (χ2n) is 6.09. The van der Waals surface area contributed by atoms with Gasteiger partial charge in [0.05, 0.1) is 24.2 Å². The Bertz CT molecular complexity index is 723. The zero-order valence-electron chi connectivity index (χ0n) is 12.8. The van der Waals surface area contributed by atoms with Crippen molar-refractivity contribution in [1.29, 1.82) is 0 Å². The molecule has 0 saturated carbocycles. The van der Waals surface area contributed by atoms with Crippen molar-refractivity contribution >= 4 is 28.6 Å². The smallest absolute Gasteiger partial charge is 0.226 e. The van der Waals surface area contributed by atoms with E-state index in [1.54, 1.807) is 22.7 Å². The lowest BCUT2D eigenvalue weighted by Crippen LogP contribution is -2.38. The number of rotatable bonds is 5. The zero-order chi connectivity index (χ0) is 15.8. The van der Waals surface area contributed by atoms with E-state index in [2.05, 4.69) is 33.2 Å². The Balaban J connectivity index is 1.51. The van der Waals surface area contributed by atoms with Crippen molar-refractivity contribution in [1.82, 2.24) is 10.3 Å². The number of thiophene rings is 1. The molecule has 0 unspecified atom stereocenters. The molecule has 0 aliphatic carbocycles. The van der Waals surface area contributed by atoms with Crippen LogP contribution in [-0.4, -0.2) is 23.1 Å². The van der Waals surface area contributed by atoms with Gasteiger partial charge in [-0.05, 0) is 35.7 Å². The fourth-order valence-electron chi connectivity index (χ4n) is 3.19. The summed E-state index contributed by atoms with van der Waals surface area (Å²) in [5, 5.41) is 10.4. The van der Waals surface area contributed by atoms with Crippen LogP contribution >= 0.6 is 22.7 Å². The molecule has 6 heteroatoms. The largest absolute Gasteiger partial charge is 0.366 e. The normalized spacial score (nSPS) is 26.6. The first-order chi connectivity index (χ1) is 11.2. The minimum atomic E-state index is -0.0731. The number of ether oxygens (including phenoxy) is 1. The maximum atomic E-state index is 12.7. The van der Waals surface area contributed by atoms with Crippen LogP contribution in [-0.2, 0) is 16.0 Å². The molecule has 4 rings (SSSR count). The van der Waals surface area contributed by atoms with Crippen LogP contribution in [0.25, 0.3) is 0 Å². The molecule has 1 amide bonds. The van der Waals surface area contributed by atoms with Gasteiger partial charge in [-0.15, -0.1) is 11.3 Å². The maximum Gasteiger partial charge on any atom is 0.226 e. The molecule has 2 aliphatic heterocycles. The SMILES string of the molecule is Cc1csc([C@H](Cc2ccsc2)NC(=O)[C@@H]2C[C@H]3C=C[C@H]2O3)n1. The van der Waals surface area contributed by atoms with E-state index in [9.17, 15) is 4.79 Å². The van der Waals surface area contributed by atoms with Crippen LogP contribution in [0.4, 0.5) is 0 Å². The monoisotopic (exact) mass is 346 g/mol. The first-order valence-electron chi connectivity index (χ1n) is 7.76. The van der Waals surface area contributed by atoms with Crippen LogP contribution in [0.2, 0.25) is 0 Å². The van der Waals surface area contributed by atoms with E-state index in [1.807, 2.05) is 18.4 Å². The van der Waals surface area contributed by atoms with Gasteiger partial charge in [-0.3, -0.25) is 4.79 Å². The van der Waals surface area contributed by atoms with Gasteiger partial charge in [-0.1, -0.05) is 12.2 Å². The predicted molar refractivity (Wildman–Crippen MR) is 91.7 cm³/mol. The zero-order valence-corrected chi connectivity index (χ0v) is 14.4.